The van der Waals surface area contributed by atoms with E-state index in [1.807, 2.05) is 18.2 Å². The van der Waals surface area contributed by atoms with Gasteiger partial charge in [0, 0.05) is 16.6 Å². The van der Waals surface area contributed by atoms with Gasteiger partial charge in [-0.25, -0.2) is 14.5 Å². The van der Waals surface area contributed by atoms with Crippen LogP contribution in [0.3, 0.4) is 0 Å². The molecule has 0 unspecified atom stereocenters. The second-order valence-electron chi connectivity index (χ2n) is 4.70. The molecule has 0 aromatic carbocycles. The predicted octanol–water partition coefficient (Wildman–Crippen LogP) is 3.08. The van der Waals surface area contributed by atoms with Crippen LogP contribution < -0.4 is 0 Å². The average Bonchev–Trinajstić information content (AvgIpc) is 3.19. The summed E-state index contributed by atoms with van der Waals surface area (Å²) < 4.78 is 7.66. The first kappa shape index (κ1) is 13.3. The van der Waals surface area contributed by atoms with Gasteiger partial charge in [0.15, 0.2) is 11.5 Å². The minimum atomic E-state index is -0.384. The first-order valence-corrected chi connectivity index (χ1v) is 7.37. The van der Waals surface area contributed by atoms with E-state index in [4.69, 9.17) is 4.74 Å². The molecule has 0 spiro atoms. The van der Waals surface area contributed by atoms with Crippen LogP contribution in [0.2, 0.25) is 0 Å². The van der Waals surface area contributed by atoms with Gasteiger partial charge in [-0.3, -0.25) is 0 Å². The van der Waals surface area contributed by atoms with Gasteiger partial charge in [-0.2, -0.15) is 5.10 Å². The van der Waals surface area contributed by atoms with Gasteiger partial charge in [-0.15, -0.1) is 0 Å². The first-order valence-electron chi connectivity index (χ1n) is 6.58. The normalized spacial score (nSPS) is 14.3. The largest absolute Gasteiger partial charge is 0.461 e. The maximum atomic E-state index is 11.8. The summed E-state index contributed by atoms with van der Waals surface area (Å²) in [6, 6.07) is 5.60. The summed E-state index contributed by atoms with van der Waals surface area (Å²) in [6.45, 7) is 2.13. The third kappa shape index (κ3) is 2.60. The molecule has 0 atom stereocenters. The molecule has 0 saturated heterocycles. The monoisotopic (exact) mass is 335 g/mol. The standard InChI is InChI=1S/C14H14BrN3O2/c1-2-20-14(19)11-7-12(9-3-4-9)18(17-11)13-6-5-10(15)8-16-13/h5-9H,2-4H2,1H3. The number of ether oxygens (including phenoxy) is 1. The van der Waals surface area contributed by atoms with Crippen molar-refractivity contribution in [1.29, 1.82) is 0 Å². The number of hydrogen-bond donors (Lipinski definition) is 0. The molecule has 104 valence electrons. The molecule has 3 rings (SSSR count). The van der Waals surface area contributed by atoms with Crippen molar-refractivity contribution in [3.05, 3.63) is 40.3 Å². The minimum absolute atomic E-state index is 0.346. The molecular formula is C14H14BrN3O2. The van der Waals surface area contributed by atoms with Gasteiger partial charge in [0.2, 0.25) is 0 Å². The fourth-order valence-corrected chi connectivity index (χ4v) is 2.28. The lowest BCUT2D eigenvalue weighted by Crippen LogP contribution is -2.07. The Balaban J connectivity index is 2.00. The van der Waals surface area contributed by atoms with E-state index in [1.54, 1.807) is 17.8 Å². The average molecular weight is 336 g/mol. The molecule has 0 bridgehead atoms. The number of rotatable bonds is 4. The van der Waals surface area contributed by atoms with Gasteiger partial charge in [-0.05, 0) is 53.9 Å². The number of pyridine rings is 1. The van der Waals surface area contributed by atoms with Gasteiger partial charge < -0.3 is 4.74 Å². The molecule has 1 fully saturated rings. The lowest BCUT2D eigenvalue weighted by molar-refractivity contribution is 0.0519. The third-order valence-corrected chi connectivity index (χ3v) is 3.61. The molecule has 20 heavy (non-hydrogen) atoms. The number of carbonyl (C=O) groups is 1. The maximum absolute atomic E-state index is 11.8. The fraction of sp³-hybridized carbons (Fsp3) is 0.357. The van der Waals surface area contributed by atoms with Crippen LogP contribution in [0, 0.1) is 0 Å². The van der Waals surface area contributed by atoms with Gasteiger partial charge in [-0.1, -0.05) is 0 Å². The topological polar surface area (TPSA) is 57.0 Å². The van der Waals surface area contributed by atoms with E-state index < -0.39 is 0 Å². The van der Waals surface area contributed by atoms with E-state index in [1.165, 1.54) is 0 Å². The Bertz CT molecular complexity index is 632. The number of hydrogen-bond acceptors (Lipinski definition) is 4. The van der Waals surface area contributed by atoms with E-state index >= 15 is 0 Å². The molecular weight excluding hydrogens is 322 g/mol. The number of aromatic nitrogens is 3. The second kappa shape index (κ2) is 5.36. The Kier molecular flexibility index (Phi) is 3.56. The molecule has 2 aromatic rings. The van der Waals surface area contributed by atoms with E-state index in [0.29, 0.717) is 24.0 Å². The molecule has 0 N–H and O–H groups in total. The molecule has 2 heterocycles. The Morgan fingerprint density at radius 1 is 1.50 bits per heavy atom. The lowest BCUT2D eigenvalue weighted by Gasteiger charge is -2.05. The molecule has 6 heteroatoms. The quantitative estimate of drug-likeness (QED) is 0.805. The number of esters is 1. The molecule has 2 aromatic heterocycles. The zero-order valence-electron chi connectivity index (χ0n) is 11.0. The molecule has 0 aliphatic heterocycles. The Morgan fingerprint density at radius 2 is 2.30 bits per heavy atom. The highest BCUT2D eigenvalue weighted by Gasteiger charge is 2.30. The Morgan fingerprint density at radius 3 is 2.90 bits per heavy atom. The summed E-state index contributed by atoms with van der Waals surface area (Å²) in [5, 5.41) is 4.35. The summed E-state index contributed by atoms with van der Waals surface area (Å²) in [7, 11) is 0. The molecule has 1 saturated carbocycles. The summed E-state index contributed by atoms with van der Waals surface area (Å²) in [4.78, 5) is 16.2. The van der Waals surface area contributed by atoms with Crippen molar-refractivity contribution in [2.75, 3.05) is 6.61 Å². The number of carbonyl (C=O) groups excluding carboxylic acids is 1. The highest BCUT2D eigenvalue weighted by atomic mass is 79.9. The van der Waals surface area contributed by atoms with Crippen LogP contribution >= 0.6 is 15.9 Å². The van der Waals surface area contributed by atoms with E-state index in [9.17, 15) is 4.79 Å². The zero-order valence-corrected chi connectivity index (χ0v) is 12.6. The zero-order chi connectivity index (χ0) is 14.1. The van der Waals surface area contributed by atoms with Gasteiger partial charge >= 0.3 is 5.97 Å². The van der Waals surface area contributed by atoms with Crippen molar-refractivity contribution < 1.29 is 9.53 Å². The van der Waals surface area contributed by atoms with Crippen molar-refractivity contribution in [3.8, 4) is 5.82 Å². The molecule has 0 radical (unpaired) electrons. The number of nitrogens with zero attached hydrogens (tertiary/aromatic N) is 3. The smallest absolute Gasteiger partial charge is 0.358 e. The second-order valence-corrected chi connectivity index (χ2v) is 5.61. The van der Waals surface area contributed by atoms with Crippen LogP contribution in [0.15, 0.2) is 28.9 Å². The van der Waals surface area contributed by atoms with E-state index in [-0.39, 0.29) is 5.97 Å². The van der Waals surface area contributed by atoms with Crippen molar-refractivity contribution in [2.45, 2.75) is 25.7 Å². The van der Waals surface area contributed by atoms with Crippen LogP contribution in [0.25, 0.3) is 5.82 Å². The fourth-order valence-electron chi connectivity index (χ4n) is 2.05. The summed E-state index contributed by atoms with van der Waals surface area (Å²) in [6.07, 6.45) is 3.98. The summed E-state index contributed by atoms with van der Waals surface area (Å²) in [5.41, 5.74) is 1.38. The molecule has 1 aliphatic rings. The van der Waals surface area contributed by atoms with Crippen LogP contribution in [0.4, 0.5) is 0 Å². The van der Waals surface area contributed by atoms with Crippen LogP contribution in [0.1, 0.15) is 41.9 Å². The van der Waals surface area contributed by atoms with Crippen LogP contribution in [-0.4, -0.2) is 27.3 Å². The molecule has 5 nitrogen and oxygen atoms in total. The first-order chi connectivity index (χ1) is 9.69. The molecule has 0 amide bonds. The predicted molar refractivity (Wildman–Crippen MR) is 77.0 cm³/mol. The lowest BCUT2D eigenvalue weighted by atomic mass is 10.2. The third-order valence-electron chi connectivity index (χ3n) is 3.15. The van der Waals surface area contributed by atoms with Crippen LogP contribution in [-0.2, 0) is 4.74 Å². The van der Waals surface area contributed by atoms with E-state index in [2.05, 4.69) is 26.0 Å². The highest BCUT2D eigenvalue weighted by Crippen LogP contribution is 2.41. The summed E-state index contributed by atoms with van der Waals surface area (Å²) >= 11 is 3.36. The van der Waals surface area contributed by atoms with E-state index in [0.717, 1.165) is 23.0 Å². The van der Waals surface area contributed by atoms with Gasteiger partial charge in [0.1, 0.15) is 0 Å². The minimum Gasteiger partial charge on any atom is -0.461 e. The van der Waals surface area contributed by atoms with Gasteiger partial charge in [0.25, 0.3) is 0 Å². The SMILES string of the molecule is CCOC(=O)c1cc(C2CC2)n(-c2ccc(Br)cn2)n1. The maximum Gasteiger partial charge on any atom is 0.358 e. The Hall–Kier alpha value is -1.69. The Labute approximate surface area is 125 Å². The molecule has 1 aliphatic carbocycles. The van der Waals surface area contributed by atoms with Gasteiger partial charge in [0.05, 0.1) is 12.3 Å². The van der Waals surface area contributed by atoms with Crippen molar-refractivity contribution >= 4 is 21.9 Å². The summed E-state index contributed by atoms with van der Waals surface area (Å²) in [5.74, 6) is 0.798. The van der Waals surface area contributed by atoms with Crippen molar-refractivity contribution in [2.24, 2.45) is 0 Å². The van der Waals surface area contributed by atoms with Crippen molar-refractivity contribution in [1.82, 2.24) is 14.8 Å². The van der Waals surface area contributed by atoms with Crippen LogP contribution in [0.5, 0.6) is 0 Å². The highest BCUT2D eigenvalue weighted by molar-refractivity contribution is 9.10. The van der Waals surface area contributed by atoms with Crippen molar-refractivity contribution in [3.63, 3.8) is 0 Å². The number of halogens is 1.